The van der Waals surface area contributed by atoms with Gasteiger partial charge in [0, 0.05) is 6.07 Å². The Kier molecular flexibility index (Phi) is 5.18. The summed E-state index contributed by atoms with van der Waals surface area (Å²) >= 11 is 1.26. The third-order valence-corrected chi connectivity index (χ3v) is 4.76. The maximum atomic E-state index is 12.8. The smallest absolute Gasteiger partial charge is 0.368 e. The molecule has 1 amide bonds. The van der Waals surface area contributed by atoms with Gasteiger partial charge in [0.15, 0.2) is 5.13 Å². The molecule has 1 aromatic heterocycles. The van der Waals surface area contributed by atoms with Gasteiger partial charge < -0.3 is 10.6 Å². The number of amides is 1. The fourth-order valence-corrected chi connectivity index (χ4v) is 3.29. The minimum absolute atomic E-state index is 0.190. The summed E-state index contributed by atoms with van der Waals surface area (Å²) in [5.41, 5.74) is -1.39. The molecule has 1 unspecified atom stereocenters. The first kappa shape index (κ1) is 19.5. The number of anilines is 2. The van der Waals surface area contributed by atoms with Gasteiger partial charge in [0.05, 0.1) is 20.7 Å². The number of nitrogens with one attached hydrogen (secondary N) is 2. The summed E-state index contributed by atoms with van der Waals surface area (Å²) in [6.07, 6.45) is -4.71. The normalized spacial score (nSPS) is 12.6. The van der Waals surface area contributed by atoms with E-state index in [0.717, 1.165) is 10.8 Å². The van der Waals surface area contributed by atoms with Crippen molar-refractivity contribution < 1.29 is 22.9 Å². The van der Waals surface area contributed by atoms with E-state index in [9.17, 15) is 28.1 Å². The lowest BCUT2D eigenvalue weighted by molar-refractivity contribution is -0.384. The number of aromatic nitrogens is 1. The molecular weight excluding hydrogens is 397 g/mol. The molecule has 1 atom stereocenters. The number of benzene rings is 2. The minimum Gasteiger partial charge on any atom is -0.368 e. The fraction of sp³-hybridized carbons (Fsp3) is 0.176. The van der Waals surface area contributed by atoms with E-state index in [0.29, 0.717) is 22.8 Å². The Labute approximate surface area is 160 Å². The van der Waals surface area contributed by atoms with Gasteiger partial charge in [-0.2, -0.15) is 13.2 Å². The van der Waals surface area contributed by atoms with Crippen LogP contribution in [0, 0.1) is 10.1 Å². The zero-order valence-corrected chi connectivity index (χ0v) is 15.1. The molecule has 0 aliphatic rings. The monoisotopic (exact) mass is 410 g/mol. The topological polar surface area (TPSA) is 97.2 Å². The summed E-state index contributed by atoms with van der Waals surface area (Å²) in [7, 11) is 0. The number of hydrogen-bond acceptors (Lipinski definition) is 6. The lowest BCUT2D eigenvalue weighted by Crippen LogP contribution is -2.32. The Morgan fingerprint density at radius 1 is 1.25 bits per heavy atom. The number of carbonyl (C=O) groups excluding carboxylic acids is 1. The molecule has 0 aliphatic heterocycles. The molecule has 0 radical (unpaired) electrons. The molecule has 3 rings (SSSR count). The maximum Gasteiger partial charge on any atom is 0.416 e. The van der Waals surface area contributed by atoms with Gasteiger partial charge in [-0.1, -0.05) is 23.5 Å². The number of nitro groups is 1. The molecule has 0 saturated carbocycles. The molecule has 1 heterocycles. The van der Waals surface area contributed by atoms with Crippen LogP contribution in [0.3, 0.4) is 0 Å². The van der Waals surface area contributed by atoms with Crippen molar-refractivity contribution in [2.45, 2.75) is 19.1 Å². The number of alkyl halides is 3. The number of nitro benzene ring substituents is 1. The van der Waals surface area contributed by atoms with E-state index in [2.05, 4.69) is 15.6 Å². The van der Waals surface area contributed by atoms with Crippen molar-refractivity contribution in [2.24, 2.45) is 0 Å². The van der Waals surface area contributed by atoms with Crippen LogP contribution in [0.1, 0.15) is 12.5 Å². The van der Waals surface area contributed by atoms with Crippen molar-refractivity contribution in [1.82, 2.24) is 4.98 Å². The van der Waals surface area contributed by atoms with Gasteiger partial charge >= 0.3 is 6.18 Å². The number of nitrogens with zero attached hydrogens (tertiary/aromatic N) is 2. The van der Waals surface area contributed by atoms with Crippen LogP contribution in [0.15, 0.2) is 42.5 Å². The Morgan fingerprint density at radius 3 is 2.61 bits per heavy atom. The summed E-state index contributed by atoms with van der Waals surface area (Å²) in [4.78, 5) is 26.8. The minimum atomic E-state index is -4.71. The molecule has 7 nitrogen and oxygen atoms in total. The number of para-hydroxylation sites is 1. The number of fused-ring (bicyclic) bond motifs is 1. The van der Waals surface area contributed by atoms with Gasteiger partial charge in [-0.05, 0) is 31.2 Å². The molecule has 0 spiro atoms. The van der Waals surface area contributed by atoms with Crippen LogP contribution in [0.25, 0.3) is 10.2 Å². The number of halogens is 3. The zero-order valence-electron chi connectivity index (χ0n) is 14.3. The van der Waals surface area contributed by atoms with Crippen LogP contribution in [0.4, 0.5) is 29.7 Å². The predicted molar refractivity (Wildman–Crippen MR) is 99.4 cm³/mol. The molecule has 0 aliphatic carbocycles. The van der Waals surface area contributed by atoms with Crippen molar-refractivity contribution in [3.05, 3.63) is 58.1 Å². The average molecular weight is 410 g/mol. The Bertz CT molecular complexity index is 1020. The number of hydrogen-bond donors (Lipinski definition) is 2. The third kappa shape index (κ3) is 4.19. The van der Waals surface area contributed by atoms with E-state index in [4.69, 9.17) is 0 Å². The van der Waals surface area contributed by atoms with Crippen LogP contribution >= 0.6 is 11.3 Å². The van der Waals surface area contributed by atoms with Gasteiger partial charge in [-0.15, -0.1) is 0 Å². The predicted octanol–water partition coefficient (Wildman–Crippen LogP) is 4.66. The second-order valence-corrected chi connectivity index (χ2v) is 6.86. The lowest BCUT2D eigenvalue weighted by Gasteiger charge is -2.15. The Morgan fingerprint density at radius 2 is 1.96 bits per heavy atom. The zero-order chi connectivity index (χ0) is 20.5. The van der Waals surface area contributed by atoms with Gasteiger partial charge in [0.1, 0.15) is 11.7 Å². The molecule has 28 heavy (non-hydrogen) atoms. The van der Waals surface area contributed by atoms with Gasteiger partial charge in [0.25, 0.3) is 5.69 Å². The van der Waals surface area contributed by atoms with E-state index < -0.39 is 34.3 Å². The number of carbonyl (C=O) groups is 1. The number of rotatable bonds is 5. The highest BCUT2D eigenvalue weighted by Crippen LogP contribution is 2.35. The first-order chi connectivity index (χ1) is 13.1. The summed E-state index contributed by atoms with van der Waals surface area (Å²) in [5.74, 6) is -0.534. The van der Waals surface area contributed by atoms with E-state index in [1.807, 2.05) is 18.2 Å². The average Bonchev–Trinajstić information content (AvgIpc) is 3.03. The molecule has 0 fully saturated rings. The van der Waals surface area contributed by atoms with Gasteiger partial charge in [-0.3, -0.25) is 14.9 Å². The standard InChI is InChI=1S/C17H13F3N4O3S/c1-9(15(25)23-16-22-12-4-2-3-5-14(12)28-16)21-11-7-6-10(17(18,19)20)8-13(11)24(26)27/h2-9,21H,1H3,(H,22,23,25). The molecule has 0 bridgehead atoms. The highest BCUT2D eigenvalue weighted by atomic mass is 32.1. The molecule has 2 N–H and O–H groups in total. The largest absolute Gasteiger partial charge is 0.416 e. The molecule has 11 heteroatoms. The second kappa shape index (κ2) is 7.43. The van der Waals surface area contributed by atoms with E-state index in [1.165, 1.54) is 18.3 Å². The first-order valence-electron chi connectivity index (χ1n) is 7.94. The van der Waals surface area contributed by atoms with Crippen LogP contribution in [-0.4, -0.2) is 21.9 Å². The van der Waals surface area contributed by atoms with Gasteiger partial charge in [-0.25, -0.2) is 4.98 Å². The van der Waals surface area contributed by atoms with Crippen LogP contribution in [0.5, 0.6) is 0 Å². The highest BCUT2D eigenvalue weighted by molar-refractivity contribution is 7.22. The van der Waals surface area contributed by atoms with Crippen molar-refractivity contribution in [3.8, 4) is 0 Å². The SMILES string of the molecule is CC(Nc1ccc(C(F)(F)F)cc1[N+](=O)[O-])C(=O)Nc1nc2ccccc2s1. The third-order valence-electron chi connectivity index (χ3n) is 3.81. The van der Waals surface area contributed by atoms with Crippen LogP contribution in [-0.2, 0) is 11.0 Å². The van der Waals surface area contributed by atoms with Crippen molar-refractivity contribution in [1.29, 1.82) is 0 Å². The summed E-state index contributed by atoms with van der Waals surface area (Å²) in [6, 6.07) is 8.39. The van der Waals surface area contributed by atoms with Crippen molar-refractivity contribution >= 4 is 44.0 Å². The van der Waals surface area contributed by atoms with E-state index in [1.54, 1.807) is 6.07 Å². The fourth-order valence-electron chi connectivity index (χ4n) is 2.42. The van der Waals surface area contributed by atoms with Crippen LogP contribution < -0.4 is 10.6 Å². The van der Waals surface area contributed by atoms with E-state index in [-0.39, 0.29) is 5.69 Å². The first-order valence-corrected chi connectivity index (χ1v) is 8.75. The molecule has 2 aromatic carbocycles. The second-order valence-electron chi connectivity index (χ2n) is 5.83. The van der Waals surface area contributed by atoms with E-state index >= 15 is 0 Å². The number of thiazole rings is 1. The molecule has 3 aromatic rings. The Balaban J connectivity index is 1.76. The molecule has 146 valence electrons. The van der Waals surface area contributed by atoms with Crippen LogP contribution in [0.2, 0.25) is 0 Å². The summed E-state index contributed by atoms with van der Waals surface area (Å²) in [6.45, 7) is 1.43. The maximum absolute atomic E-state index is 12.8. The summed E-state index contributed by atoms with van der Waals surface area (Å²) < 4.78 is 39.2. The quantitative estimate of drug-likeness (QED) is 0.471. The Hall–Kier alpha value is -3.21. The van der Waals surface area contributed by atoms with Gasteiger partial charge in [0.2, 0.25) is 5.91 Å². The van der Waals surface area contributed by atoms with Crippen molar-refractivity contribution in [2.75, 3.05) is 10.6 Å². The highest BCUT2D eigenvalue weighted by Gasteiger charge is 2.33. The van der Waals surface area contributed by atoms with Crippen molar-refractivity contribution in [3.63, 3.8) is 0 Å². The summed E-state index contributed by atoms with van der Waals surface area (Å²) in [5, 5.41) is 16.7. The molecular formula is C17H13F3N4O3S. The lowest BCUT2D eigenvalue weighted by atomic mass is 10.1. The molecule has 0 saturated heterocycles.